The molecule has 23 heavy (non-hydrogen) atoms. The lowest BCUT2D eigenvalue weighted by molar-refractivity contribution is -0.147. The van der Waals surface area contributed by atoms with Crippen LogP contribution in [0.4, 0.5) is 0 Å². The number of amides is 2. The number of morpholine rings is 1. The van der Waals surface area contributed by atoms with Gasteiger partial charge in [0.05, 0.1) is 19.3 Å². The van der Waals surface area contributed by atoms with Crippen LogP contribution in [0.2, 0.25) is 0 Å². The van der Waals surface area contributed by atoms with Crippen molar-refractivity contribution >= 4 is 11.8 Å². The van der Waals surface area contributed by atoms with Crippen LogP contribution in [0.3, 0.4) is 0 Å². The summed E-state index contributed by atoms with van der Waals surface area (Å²) in [6.45, 7) is 2.76. The normalized spacial score (nSPS) is 24.5. The van der Waals surface area contributed by atoms with Crippen LogP contribution in [0.5, 0.6) is 0 Å². The molecule has 0 unspecified atom stereocenters. The lowest BCUT2D eigenvalue weighted by atomic mass is 9.98. The van der Waals surface area contributed by atoms with E-state index in [9.17, 15) is 9.59 Å². The predicted molar refractivity (Wildman–Crippen MR) is 86.9 cm³/mol. The molecule has 0 aromatic heterocycles. The molecule has 1 aromatic carbocycles. The van der Waals surface area contributed by atoms with E-state index in [0.29, 0.717) is 13.2 Å². The monoisotopic (exact) mass is 316 g/mol. The number of carbonyl (C=O) groups excluding carboxylic acids is 2. The Kier molecular flexibility index (Phi) is 4.96. The molecule has 2 amide bonds. The fourth-order valence-electron chi connectivity index (χ4n) is 3.54. The first-order valence-electron chi connectivity index (χ1n) is 8.40. The van der Waals surface area contributed by atoms with E-state index in [1.165, 1.54) is 18.1 Å². The molecule has 5 nitrogen and oxygen atoms in total. The van der Waals surface area contributed by atoms with Gasteiger partial charge in [-0.3, -0.25) is 9.59 Å². The number of nitrogens with zero attached hydrogens (tertiary/aromatic N) is 1. The second-order valence-corrected chi connectivity index (χ2v) is 6.31. The third-order valence-corrected chi connectivity index (χ3v) is 4.77. The van der Waals surface area contributed by atoms with Crippen LogP contribution in [-0.2, 0) is 20.7 Å². The van der Waals surface area contributed by atoms with Crippen molar-refractivity contribution in [1.82, 2.24) is 10.2 Å². The molecule has 0 spiro atoms. The first-order chi connectivity index (χ1) is 11.2. The Morgan fingerprint density at radius 1 is 1.26 bits per heavy atom. The molecule has 1 aliphatic heterocycles. The number of hydrogen-bond donors (Lipinski definition) is 1. The molecule has 5 heteroatoms. The van der Waals surface area contributed by atoms with Crippen molar-refractivity contribution in [2.75, 3.05) is 19.8 Å². The van der Waals surface area contributed by atoms with E-state index in [0.717, 1.165) is 25.7 Å². The minimum Gasteiger partial charge on any atom is -0.377 e. The van der Waals surface area contributed by atoms with Crippen LogP contribution in [0.1, 0.15) is 43.4 Å². The molecule has 2 atom stereocenters. The highest BCUT2D eigenvalue weighted by Crippen LogP contribution is 2.28. The Hall–Kier alpha value is -1.88. The topological polar surface area (TPSA) is 58.6 Å². The lowest BCUT2D eigenvalue weighted by Gasteiger charge is -2.34. The van der Waals surface area contributed by atoms with Crippen molar-refractivity contribution in [3.8, 4) is 0 Å². The fraction of sp³-hybridized carbons (Fsp3) is 0.556. The highest BCUT2D eigenvalue weighted by atomic mass is 16.5. The van der Waals surface area contributed by atoms with Gasteiger partial charge in [0, 0.05) is 13.5 Å². The molecule has 1 saturated heterocycles. The van der Waals surface area contributed by atoms with Crippen LogP contribution in [0.15, 0.2) is 24.3 Å². The van der Waals surface area contributed by atoms with Crippen molar-refractivity contribution in [2.24, 2.45) is 0 Å². The van der Waals surface area contributed by atoms with Gasteiger partial charge in [-0.05, 0) is 30.4 Å². The van der Waals surface area contributed by atoms with Crippen molar-refractivity contribution in [3.63, 3.8) is 0 Å². The summed E-state index contributed by atoms with van der Waals surface area (Å²) in [7, 11) is 0. The first-order valence-corrected chi connectivity index (χ1v) is 8.40. The maximum absolute atomic E-state index is 12.7. The Morgan fingerprint density at radius 2 is 2.09 bits per heavy atom. The molecule has 1 heterocycles. The first kappa shape index (κ1) is 16.0. The van der Waals surface area contributed by atoms with E-state index < -0.39 is 6.04 Å². The van der Waals surface area contributed by atoms with Gasteiger partial charge in [-0.25, -0.2) is 0 Å². The van der Waals surface area contributed by atoms with E-state index in [1.807, 2.05) is 6.07 Å². The summed E-state index contributed by atoms with van der Waals surface area (Å²) in [4.78, 5) is 26.1. The number of aryl methyl sites for hydroxylation is 1. The lowest BCUT2D eigenvalue weighted by Crippen LogP contribution is -2.55. The molecule has 3 rings (SSSR count). The average molecular weight is 316 g/mol. The number of hydrogen-bond acceptors (Lipinski definition) is 3. The number of carbonyl (C=O) groups is 2. The maximum Gasteiger partial charge on any atom is 0.245 e. The van der Waals surface area contributed by atoms with Gasteiger partial charge in [0.2, 0.25) is 11.8 Å². The Labute approximate surface area is 137 Å². The van der Waals surface area contributed by atoms with E-state index in [2.05, 4.69) is 23.5 Å². The van der Waals surface area contributed by atoms with Crippen molar-refractivity contribution in [2.45, 2.75) is 44.7 Å². The second kappa shape index (κ2) is 7.13. The number of nitrogens with one attached hydrogen (secondary N) is 1. The Morgan fingerprint density at radius 3 is 2.91 bits per heavy atom. The van der Waals surface area contributed by atoms with Gasteiger partial charge in [-0.15, -0.1) is 0 Å². The fourth-order valence-corrected chi connectivity index (χ4v) is 3.54. The van der Waals surface area contributed by atoms with Crippen molar-refractivity contribution in [3.05, 3.63) is 35.4 Å². The maximum atomic E-state index is 12.7. The number of ether oxygens (including phenoxy) is 1. The van der Waals surface area contributed by atoms with Crippen molar-refractivity contribution < 1.29 is 14.3 Å². The summed E-state index contributed by atoms with van der Waals surface area (Å²) in [5.41, 5.74) is 2.53. The standard InChI is InChI=1S/C18H24N2O3/c1-13(21)20-10-11-23-12-17(20)18(22)19-16-9-5-3-7-14-6-2-4-8-15(14)16/h2,4,6,8,16-17H,3,5,7,9-12H2,1H3,(H,19,22)/t16-,17+/m0/s1. The van der Waals surface area contributed by atoms with Crippen molar-refractivity contribution in [1.29, 1.82) is 0 Å². The van der Waals surface area contributed by atoms with E-state index in [4.69, 9.17) is 4.74 Å². The third-order valence-electron chi connectivity index (χ3n) is 4.77. The van der Waals surface area contributed by atoms with E-state index >= 15 is 0 Å². The zero-order valence-electron chi connectivity index (χ0n) is 13.6. The average Bonchev–Trinajstić information content (AvgIpc) is 2.77. The summed E-state index contributed by atoms with van der Waals surface area (Å²) < 4.78 is 5.41. The number of fused-ring (bicyclic) bond motifs is 1. The Balaban J connectivity index is 1.75. The summed E-state index contributed by atoms with van der Waals surface area (Å²) in [6, 6.07) is 7.83. The number of rotatable bonds is 2. The molecule has 0 radical (unpaired) electrons. The molecule has 2 aliphatic rings. The molecule has 1 fully saturated rings. The minimum absolute atomic E-state index is 0.0249. The second-order valence-electron chi connectivity index (χ2n) is 6.31. The minimum atomic E-state index is -0.517. The molecular formula is C18H24N2O3. The van der Waals surface area contributed by atoms with Gasteiger partial charge in [-0.2, -0.15) is 0 Å². The molecule has 124 valence electrons. The van der Waals surface area contributed by atoms with E-state index in [-0.39, 0.29) is 24.5 Å². The van der Waals surface area contributed by atoms with Crippen LogP contribution in [0, 0.1) is 0 Å². The molecule has 1 aliphatic carbocycles. The van der Waals surface area contributed by atoms with Gasteiger partial charge in [0.1, 0.15) is 6.04 Å². The highest BCUT2D eigenvalue weighted by molar-refractivity contribution is 5.87. The highest BCUT2D eigenvalue weighted by Gasteiger charge is 2.32. The summed E-state index contributed by atoms with van der Waals surface area (Å²) in [5.74, 6) is -0.184. The molecule has 0 bridgehead atoms. The van der Waals surface area contributed by atoms with Gasteiger partial charge in [0.25, 0.3) is 0 Å². The van der Waals surface area contributed by atoms with E-state index in [1.54, 1.807) is 4.90 Å². The van der Waals surface area contributed by atoms with Gasteiger partial charge in [0.15, 0.2) is 0 Å². The smallest absolute Gasteiger partial charge is 0.245 e. The quantitative estimate of drug-likeness (QED) is 0.847. The number of benzene rings is 1. The summed E-state index contributed by atoms with van der Waals surface area (Å²) >= 11 is 0. The largest absolute Gasteiger partial charge is 0.377 e. The molecule has 1 N–H and O–H groups in total. The molecule has 1 aromatic rings. The summed E-state index contributed by atoms with van der Waals surface area (Å²) in [5, 5.41) is 3.16. The SMILES string of the molecule is CC(=O)N1CCOC[C@@H]1C(=O)N[C@H]1CCCCc2ccccc21. The molecular weight excluding hydrogens is 292 g/mol. The van der Waals surface area contributed by atoms with Gasteiger partial charge >= 0.3 is 0 Å². The van der Waals surface area contributed by atoms with Crippen LogP contribution in [-0.4, -0.2) is 42.5 Å². The van der Waals surface area contributed by atoms with Gasteiger partial charge in [-0.1, -0.05) is 30.7 Å². The van der Waals surface area contributed by atoms with Crippen LogP contribution in [0.25, 0.3) is 0 Å². The predicted octanol–water partition coefficient (Wildman–Crippen LogP) is 1.82. The Bertz CT molecular complexity index is 587. The zero-order valence-corrected chi connectivity index (χ0v) is 13.6. The molecule has 0 saturated carbocycles. The van der Waals surface area contributed by atoms with Crippen LogP contribution < -0.4 is 5.32 Å². The third kappa shape index (κ3) is 3.55. The zero-order chi connectivity index (χ0) is 16.2. The summed E-state index contributed by atoms with van der Waals surface area (Å²) in [6.07, 6.45) is 4.25. The van der Waals surface area contributed by atoms with Gasteiger partial charge < -0.3 is 15.0 Å². The van der Waals surface area contributed by atoms with Crippen LogP contribution >= 0.6 is 0 Å².